The number of aryl methyl sites for hydroxylation is 1. The molecule has 0 atom stereocenters. The van der Waals surface area contributed by atoms with E-state index in [2.05, 4.69) is 35.0 Å². The molecule has 1 saturated carbocycles. The summed E-state index contributed by atoms with van der Waals surface area (Å²) in [4.78, 5) is 0. The predicted molar refractivity (Wildman–Crippen MR) is 72.5 cm³/mol. The van der Waals surface area contributed by atoms with Crippen LogP contribution >= 0.6 is 11.6 Å². The summed E-state index contributed by atoms with van der Waals surface area (Å²) in [7, 11) is 0. The Hall–Kier alpha value is -0.990. The maximum atomic E-state index is 6.07. The number of nitrogens with zero attached hydrogens (tertiary/aromatic N) is 1. The maximum absolute atomic E-state index is 6.07. The minimum atomic E-state index is 0.752. The second-order valence-corrected chi connectivity index (χ2v) is 5.17. The molecule has 2 aromatic rings. The van der Waals surface area contributed by atoms with Gasteiger partial charge >= 0.3 is 0 Å². The fourth-order valence-corrected chi connectivity index (χ4v) is 2.51. The molecule has 0 spiro atoms. The lowest BCUT2D eigenvalue weighted by Gasteiger charge is -2.08. The summed E-state index contributed by atoms with van der Waals surface area (Å²) in [6.07, 6.45) is 2.66. The van der Waals surface area contributed by atoms with Crippen molar-refractivity contribution >= 4 is 22.5 Å². The molecule has 0 radical (unpaired) electrons. The minimum Gasteiger partial charge on any atom is -0.344 e. The average Bonchev–Trinajstić information content (AvgIpc) is 3.08. The Morgan fingerprint density at radius 1 is 1.35 bits per heavy atom. The van der Waals surface area contributed by atoms with Gasteiger partial charge in [-0.15, -0.1) is 0 Å². The van der Waals surface area contributed by atoms with Gasteiger partial charge < -0.3 is 9.88 Å². The van der Waals surface area contributed by atoms with Gasteiger partial charge in [-0.05, 0) is 38.0 Å². The molecular formula is C14H17ClN2. The van der Waals surface area contributed by atoms with Gasteiger partial charge in [0.1, 0.15) is 0 Å². The third-order valence-electron chi connectivity index (χ3n) is 3.42. The highest BCUT2D eigenvalue weighted by Crippen LogP contribution is 2.25. The zero-order valence-electron chi connectivity index (χ0n) is 10.0. The Labute approximate surface area is 107 Å². The van der Waals surface area contributed by atoms with Gasteiger partial charge in [-0.2, -0.15) is 0 Å². The van der Waals surface area contributed by atoms with Crippen molar-refractivity contribution in [3.05, 3.63) is 35.0 Å². The van der Waals surface area contributed by atoms with E-state index < -0.39 is 0 Å². The van der Waals surface area contributed by atoms with Gasteiger partial charge in [0, 0.05) is 40.8 Å². The van der Waals surface area contributed by atoms with Crippen molar-refractivity contribution in [3.8, 4) is 0 Å². The summed E-state index contributed by atoms with van der Waals surface area (Å²) in [5, 5.41) is 5.66. The highest BCUT2D eigenvalue weighted by Gasteiger charge is 2.20. The van der Waals surface area contributed by atoms with Crippen LogP contribution < -0.4 is 5.32 Å². The quantitative estimate of drug-likeness (QED) is 0.876. The van der Waals surface area contributed by atoms with E-state index in [9.17, 15) is 0 Å². The lowest BCUT2D eigenvalue weighted by atomic mass is 10.2. The minimum absolute atomic E-state index is 0.752. The fraction of sp³-hybridized carbons (Fsp3) is 0.429. The van der Waals surface area contributed by atoms with Gasteiger partial charge in [0.25, 0.3) is 0 Å². The number of halogens is 1. The second-order valence-electron chi connectivity index (χ2n) is 4.74. The van der Waals surface area contributed by atoms with Crippen LogP contribution in [0.1, 0.15) is 25.5 Å². The molecule has 1 heterocycles. The second kappa shape index (κ2) is 4.35. The normalized spacial score (nSPS) is 15.6. The predicted octanol–water partition coefficient (Wildman–Crippen LogP) is 3.57. The summed E-state index contributed by atoms with van der Waals surface area (Å²) in [5.74, 6) is 0. The van der Waals surface area contributed by atoms with Crippen LogP contribution in [0.4, 0.5) is 0 Å². The van der Waals surface area contributed by atoms with Crippen LogP contribution in [0.5, 0.6) is 0 Å². The Kier molecular flexibility index (Phi) is 2.85. The van der Waals surface area contributed by atoms with Gasteiger partial charge in [-0.1, -0.05) is 17.7 Å². The molecule has 90 valence electrons. The summed E-state index contributed by atoms with van der Waals surface area (Å²) in [6.45, 7) is 4.14. The molecule has 3 rings (SSSR count). The molecule has 1 aliphatic rings. The Morgan fingerprint density at radius 2 is 2.18 bits per heavy atom. The molecule has 0 aliphatic heterocycles. The number of nitrogens with one attached hydrogen (secondary N) is 1. The van der Waals surface area contributed by atoms with Crippen LogP contribution in [0, 0.1) is 0 Å². The largest absolute Gasteiger partial charge is 0.344 e. The van der Waals surface area contributed by atoms with E-state index in [1.54, 1.807) is 0 Å². The summed E-state index contributed by atoms with van der Waals surface area (Å²) in [6, 6.07) is 9.14. The van der Waals surface area contributed by atoms with Crippen LogP contribution in [0.2, 0.25) is 5.02 Å². The van der Waals surface area contributed by atoms with E-state index in [-0.39, 0.29) is 0 Å². The average molecular weight is 249 g/mol. The molecule has 1 N–H and O–H groups in total. The molecule has 3 heteroatoms. The Morgan fingerprint density at radius 3 is 2.88 bits per heavy atom. The van der Waals surface area contributed by atoms with E-state index in [1.165, 1.54) is 29.4 Å². The molecule has 0 bridgehead atoms. The molecule has 1 aromatic heterocycles. The zero-order valence-corrected chi connectivity index (χ0v) is 10.8. The first-order chi connectivity index (χ1) is 8.28. The molecule has 2 nitrogen and oxygen atoms in total. The standard InChI is InChI=1S/C14H17ClN2/c1-2-17-13(9-16-12-5-6-12)7-10-3-4-11(15)8-14(10)17/h3-4,7-8,12,16H,2,5-6,9H2,1H3. The maximum Gasteiger partial charge on any atom is 0.0497 e. The lowest BCUT2D eigenvalue weighted by molar-refractivity contribution is 0.634. The first-order valence-corrected chi connectivity index (χ1v) is 6.67. The fourth-order valence-electron chi connectivity index (χ4n) is 2.34. The zero-order chi connectivity index (χ0) is 11.8. The molecule has 0 saturated heterocycles. The van der Waals surface area contributed by atoms with Crippen molar-refractivity contribution in [1.29, 1.82) is 0 Å². The van der Waals surface area contributed by atoms with Crippen molar-refractivity contribution in [3.63, 3.8) is 0 Å². The van der Waals surface area contributed by atoms with Crippen LogP contribution in [0.15, 0.2) is 24.3 Å². The Bertz CT molecular complexity index is 540. The van der Waals surface area contributed by atoms with Crippen LogP contribution in [0.25, 0.3) is 10.9 Å². The molecule has 1 aliphatic carbocycles. The monoisotopic (exact) mass is 248 g/mol. The van der Waals surface area contributed by atoms with Crippen molar-refractivity contribution in [2.24, 2.45) is 0 Å². The molecule has 1 aromatic carbocycles. The number of hydrogen-bond acceptors (Lipinski definition) is 1. The van der Waals surface area contributed by atoms with Gasteiger partial charge in [0.05, 0.1) is 0 Å². The topological polar surface area (TPSA) is 17.0 Å². The van der Waals surface area contributed by atoms with Gasteiger partial charge in [0.15, 0.2) is 0 Å². The number of rotatable bonds is 4. The molecule has 1 fully saturated rings. The molecule has 0 unspecified atom stereocenters. The van der Waals surface area contributed by atoms with E-state index in [4.69, 9.17) is 11.6 Å². The van der Waals surface area contributed by atoms with Crippen LogP contribution in [-0.2, 0) is 13.1 Å². The molecule has 17 heavy (non-hydrogen) atoms. The molecule has 0 amide bonds. The van der Waals surface area contributed by atoms with Gasteiger partial charge in [-0.3, -0.25) is 0 Å². The SMILES string of the molecule is CCn1c(CNC2CC2)cc2ccc(Cl)cc21. The summed E-state index contributed by atoms with van der Waals surface area (Å²) < 4.78 is 2.34. The van der Waals surface area contributed by atoms with Crippen molar-refractivity contribution in [2.45, 2.75) is 38.9 Å². The third-order valence-corrected chi connectivity index (χ3v) is 3.65. The number of benzene rings is 1. The van der Waals surface area contributed by atoms with Crippen molar-refractivity contribution in [1.82, 2.24) is 9.88 Å². The highest BCUT2D eigenvalue weighted by molar-refractivity contribution is 6.31. The van der Waals surface area contributed by atoms with E-state index in [1.807, 2.05) is 6.07 Å². The van der Waals surface area contributed by atoms with E-state index in [0.717, 1.165) is 24.2 Å². The highest BCUT2D eigenvalue weighted by atomic mass is 35.5. The first-order valence-electron chi connectivity index (χ1n) is 6.29. The molecular weight excluding hydrogens is 232 g/mol. The summed E-state index contributed by atoms with van der Waals surface area (Å²) >= 11 is 6.07. The lowest BCUT2D eigenvalue weighted by Crippen LogP contribution is -2.17. The smallest absolute Gasteiger partial charge is 0.0497 e. The van der Waals surface area contributed by atoms with Gasteiger partial charge in [-0.25, -0.2) is 0 Å². The summed E-state index contributed by atoms with van der Waals surface area (Å²) in [5.41, 5.74) is 2.60. The third kappa shape index (κ3) is 2.20. The number of aromatic nitrogens is 1. The van der Waals surface area contributed by atoms with E-state index >= 15 is 0 Å². The van der Waals surface area contributed by atoms with E-state index in [0.29, 0.717) is 0 Å². The van der Waals surface area contributed by atoms with Crippen LogP contribution in [0.3, 0.4) is 0 Å². The van der Waals surface area contributed by atoms with Crippen molar-refractivity contribution < 1.29 is 0 Å². The van der Waals surface area contributed by atoms with Crippen molar-refractivity contribution in [2.75, 3.05) is 0 Å². The number of hydrogen-bond donors (Lipinski definition) is 1. The Balaban J connectivity index is 1.97. The number of fused-ring (bicyclic) bond motifs is 1. The van der Waals surface area contributed by atoms with Crippen LogP contribution in [-0.4, -0.2) is 10.6 Å². The van der Waals surface area contributed by atoms with Gasteiger partial charge in [0.2, 0.25) is 0 Å². The first kappa shape index (κ1) is 11.1.